The number of nitrogens with zero attached hydrogens (tertiary/aromatic N) is 6. The molecule has 41 heavy (non-hydrogen) atoms. The molecule has 3 aromatic heterocycles. The van der Waals surface area contributed by atoms with E-state index in [1.807, 2.05) is 36.4 Å². The number of aryl methyl sites for hydroxylation is 3. The molecule has 206 valence electrons. The van der Waals surface area contributed by atoms with Crippen LogP contribution in [0.3, 0.4) is 0 Å². The fourth-order valence-corrected chi connectivity index (χ4v) is 5.37. The number of aliphatic hydroxyl groups is 1. The van der Waals surface area contributed by atoms with Crippen molar-refractivity contribution >= 4 is 10.9 Å². The van der Waals surface area contributed by atoms with Gasteiger partial charge in [-0.2, -0.15) is 5.21 Å². The summed E-state index contributed by atoms with van der Waals surface area (Å²) in [4.78, 5) is 10.0. The van der Waals surface area contributed by atoms with Crippen molar-refractivity contribution in [1.82, 2.24) is 35.2 Å². The summed E-state index contributed by atoms with van der Waals surface area (Å²) in [7, 11) is 0. The van der Waals surface area contributed by atoms with Crippen LogP contribution >= 0.6 is 0 Å². The number of H-pyrrole nitrogens is 1. The molecular formula is C33H33N7O. The Kier molecular flexibility index (Phi) is 7.91. The van der Waals surface area contributed by atoms with E-state index in [0.717, 1.165) is 82.6 Å². The molecule has 6 aromatic rings. The first-order valence-corrected chi connectivity index (χ1v) is 14.2. The van der Waals surface area contributed by atoms with Crippen LogP contribution in [0.5, 0.6) is 0 Å². The zero-order valence-electron chi connectivity index (χ0n) is 23.2. The van der Waals surface area contributed by atoms with Gasteiger partial charge in [0.05, 0.1) is 29.2 Å². The molecule has 8 nitrogen and oxygen atoms in total. The van der Waals surface area contributed by atoms with Crippen molar-refractivity contribution in [3.63, 3.8) is 0 Å². The van der Waals surface area contributed by atoms with Gasteiger partial charge >= 0.3 is 0 Å². The number of hydrogen-bond acceptors (Lipinski definition) is 6. The van der Waals surface area contributed by atoms with E-state index in [0.29, 0.717) is 12.4 Å². The van der Waals surface area contributed by atoms with Crippen LogP contribution in [0.15, 0.2) is 84.9 Å². The maximum Gasteiger partial charge on any atom is 0.205 e. The molecule has 0 spiro atoms. The number of nitrogens with one attached hydrogen (secondary N) is 1. The van der Waals surface area contributed by atoms with Gasteiger partial charge in [0.15, 0.2) is 0 Å². The number of pyridine rings is 1. The van der Waals surface area contributed by atoms with Crippen LogP contribution in [0, 0.1) is 0 Å². The Morgan fingerprint density at radius 1 is 0.805 bits per heavy atom. The van der Waals surface area contributed by atoms with Crippen molar-refractivity contribution in [3.05, 3.63) is 113 Å². The van der Waals surface area contributed by atoms with Crippen molar-refractivity contribution in [3.8, 4) is 22.6 Å². The molecule has 0 aliphatic carbocycles. The highest BCUT2D eigenvalue weighted by molar-refractivity contribution is 5.85. The van der Waals surface area contributed by atoms with E-state index in [2.05, 4.69) is 80.6 Å². The van der Waals surface area contributed by atoms with E-state index in [1.54, 1.807) is 0 Å². The summed E-state index contributed by atoms with van der Waals surface area (Å²) in [5.41, 5.74) is 7.94. The van der Waals surface area contributed by atoms with Crippen molar-refractivity contribution in [2.75, 3.05) is 0 Å². The highest BCUT2D eigenvalue weighted by Crippen LogP contribution is 2.30. The lowest BCUT2D eigenvalue weighted by molar-refractivity contribution is 0.269. The van der Waals surface area contributed by atoms with Gasteiger partial charge in [-0.05, 0) is 53.8 Å². The average molecular weight is 544 g/mol. The summed E-state index contributed by atoms with van der Waals surface area (Å²) in [6.07, 6.45) is 4.77. The van der Waals surface area contributed by atoms with Crippen LogP contribution in [0.2, 0.25) is 0 Å². The molecule has 0 atom stereocenters. The van der Waals surface area contributed by atoms with Gasteiger partial charge in [-0.1, -0.05) is 80.1 Å². The quantitative estimate of drug-likeness (QED) is 0.209. The zero-order chi connectivity index (χ0) is 28.0. The summed E-state index contributed by atoms with van der Waals surface area (Å²) in [6, 6.07) is 28.9. The van der Waals surface area contributed by atoms with Crippen LogP contribution in [0.25, 0.3) is 33.5 Å². The average Bonchev–Trinajstić information content (AvgIpc) is 3.67. The normalized spacial score (nSPS) is 11.4. The number of aromatic nitrogens is 7. The summed E-state index contributed by atoms with van der Waals surface area (Å²) in [6.45, 7) is 2.83. The third-order valence-corrected chi connectivity index (χ3v) is 7.52. The van der Waals surface area contributed by atoms with Crippen LogP contribution in [-0.4, -0.2) is 40.3 Å². The number of benzene rings is 3. The van der Waals surface area contributed by atoms with Gasteiger partial charge in [-0.25, -0.2) is 9.97 Å². The molecular weight excluding hydrogens is 510 g/mol. The fraction of sp³-hybridized carbons (Fsp3) is 0.242. The largest absolute Gasteiger partial charge is 0.390 e. The van der Waals surface area contributed by atoms with Crippen LogP contribution in [0.4, 0.5) is 0 Å². The Morgan fingerprint density at radius 3 is 2.41 bits per heavy atom. The lowest BCUT2D eigenvalue weighted by Crippen LogP contribution is -2.10. The van der Waals surface area contributed by atoms with Crippen molar-refractivity contribution in [2.45, 2.75) is 52.2 Å². The second kappa shape index (κ2) is 12.2. The topological polar surface area (TPSA) is 105 Å². The number of rotatable bonds is 11. The number of imidazole rings is 1. The van der Waals surface area contributed by atoms with Gasteiger partial charge in [0.1, 0.15) is 5.82 Å². The Labute approximate surface area is 239 Å². The molecule has 0 aliphatic rings. The van der Waals surface area contributed by atoms with Gasteiger partial charge in [0, 0.05) is 29.5 Å². The van der Waals surface area contributed by atoms with Crippen molar-refractivity contribution < 1.29 is 5.11 Å². The minimum atomic E-state index is -0.0263. The standard InChI is InChI=1S/C33H33N7O/c1-2-3-13-32-35-30(18-14-23-9-5-4-6-10-23)31(22-41)40(32)21-24-15-17-28-25(20-24)16-19-29(34-28)26-11-7-8-12-27(26)33-36-38-39-37-33/h4-12,15-17,19-20,41H,2-3,13-14,18,21-22H2,1H3,(H,36,37,38,39). The van der Waals surface area contributed by atoms with Gasteiger partial charge in [-0.3, -0.25) is 0 Å². The molecule has 0 amide bonds. The Morgan fingerprint density at radius 2 is 1.63 bits per heavy atom. The molecule has 3 aromatic carbocycles. The molecule has 6 rings (SSSR count). The molecule has 3 heterocycles. The Hall–Kier alpha value is -4.69. The number of aliphatic hydroxyl groups excluding tert-OH is 1. The lowest BCUT2D eigenvalue weighted by Gasteiger charge is -2.13. The smallest absolute Gasteiger partial charge is 0.205 e. The van der Waals surface area contributed by atoms with Crippen LogP contribution in [-0.2, 0) is 32.4 Å². The first-order valence-electron chi connectivity index (χ1n) is 14.2. The molecule has 2 N–H and O–H groups in total. The van der Waals surface area contributed by atoms with Gasteiger partial charge in [-0.15, -0.1) is 10.2 Å². The molecule has 0 unspecified atom stereocenters. The monoisotopic (exact) mass is 543 g/mol. The van der Waals surface area contributed by atoms with E-state index in [9.17, 15) is 5.11 Å². The number of fused-ring (bicyclic) bond motifs is 1. The SMILES string of the molecule is CCCCc1nc(CCc2ccccc2)c(CO)n1Cc1ccc2nc(-c3ccccc3-c3nn[nH]n3)ccc2c1. The van der Waals surface area contributed by atoms with E-state index < -0.39 is 0 Å². The second-order valence-electron chi connectivity index (χ2n) is 10.3. The maximum absolute atomic E-state index is 10.4. The summed E-state index contributed by atoms with van der Waals surface area (Å²) in [5, 5.41) is 26.0. The summed E-state index contributed by atoms with van der Waals surface area (Å²) < 4.78 is 2.22. The van der Waals surface area contributed by atoms with Gasteiger partial charge in [0.2, 0.25) is 5.82 Å². The molecule has 0 saturated heterocycles. The molecule has 8 heteroatoms. The first-order chi connectivity index (χ1) is 20.2. The lowest BCUT2D eigenvalue weighted by atomic mass is 10.0. The van der Waals surface area contributed by atoms with E-state index in [1.165, 1.54) is 5.56 Å². The predicted molar refractivity (Wildman–Crippen MR) is 160 cm³/mol. The minimum absolute atomic E-state index is 0.0263. The zero-order valence-corrected chi connectivity index (χ0v) is 23.2. The number of tetrazole rings is 1. The molecule has 0 saturated carbocycles. The van der Waals surface area contributed by atoms with Crippen LogP contribution in [0.1, 0.15) is 48.1 Å². The van der Waals surface area contributed by atoms with E-state index in [4.69, 9.17) is 9.97 Å². The van der Waals surface area contributed by atoms with Gasteiger partial charge < -0.3 is 9.67 Å². The molecule has 0 fully saturated rings. The predicted octanol–water partition coefficient (Wildman–Crippen LogP) is 5.95. The van der Waals surface area contributed by atoms with Crippen molar-refractivity contribution in [2.24, 2.45) is 0 Å². The second-order valence-corrected chi connectivity index (χ2v) is 10.3. The summed E-state index contributed by atoms with van der Waals surface area (Å²) >= 11 is 0. The highest BCUT2D eigenvalue weighted by Gasteiger charge is 2.17. The third kappa shape index (κ3) is 5.78. The van der Waals surface area contributed by atoms with E-state index >= 15 is 0 Å². The molecule has 0 bridgehead atoms. The van der Waals surface area contributed by atoms with Crippen LogP contribution < -0.4 is 0 Å². The fourth-order valence-electron chi connectivity index (χ4n) is 5.37. The first kappa shape index (κ1) is 26.5. The van der Waals surface area contributed by atoms with Gasteiger partial charge in [0.25, 0.3) is 0 Å². The number of hydrogen-bond donors (Lipinski definition) is 2. The number of unbranched alkanes of at least 4 members (excludes halogenated alkanes) is 1. The Balaban J connectivity index is 1.29. The maximum atomic E-state index is 10.4. The third-order valence-electron chi connectivity index (χ3n) is 7.52. The Bertz CT molecular complexity index is 1740. The van der Waals surface area contributed by atoms with Crippen molar-refractivity contribution in [1.29, 1.82) is 0 Å². The summed E-state index contributed by atoms with van der Waals surface area (Å²) in [5.74, 6) is 1.59. The molecule has 0 aliphatic heterocycles. The highest BCUT2D eigenvalue weighted by atomic mass is 16.3. The number of aromatic amines is 1. The molecule has 0 radical (unpaired) electrons. The minimum Gasteiger partial charge on any atom is -0.390 e. The van der Waals surface area contributed by atoms with E-state index in [-0.39, 0.29) is 6.61 Å².